The molecule has 0 spiro atoms. The van der Waals surface area contributed by atoms with Crippen molar-refractivity contribution in [2.24, 2.45) is 18.7 Å². The van der Waals surface area contributed by atoms with Crippen molar-refractivity contribution in [2.45, 2.75) is 50.1 Å². The van der Waals surface area contributed by atoms with E-state index >= 15 is 0 Å². The highest BCUT2D eigenvalue weighted by Crippen LogP contribution is 2.40. The maximum Gasteiger partial charge on any atom is 0.316 e. The first kappa shape index (κ1) is 14.9. The fourth-order valence-electron chi connectivity index (χ4n) is 3.31. The summed E-state index contributed by atoms with van der Waals surface area (Å²) < 4.78 is 1.92. The van der Waals surface area contributed by atoms with E-state index in [1.165, 1.54) is 0 Å². The Hall–Kier alpha value is -2.05. The smallest absolute Gasteiger partial charge is 0.316 e. The Labute approximate surface area is 129 Å². The van der Waals surface area contributed by atoms with Crippen LogP contribution in [-0.4, -0.2) is 27.0 Å². The van der Waals surface area contributed by atoms with Gasteiger partial charge in [0, 0.05) is 19.4 Å². The van der Waals surface area contributed by atoms with Gasteiger partial charge in [-0.05, 0) is 31.6 Å². The molecule has 2 fully saturated rings. The second-order valence-corrected chi connectivity index (χ2v) is 6.46. The predicted molar refractivity (Wildman–Crippen MR) is 80.7 cm³/mol. The second-order valence-electron chi connectivity index (χ2n) is 6.46. The van der Waals surface area contributed by atoms with E-state index in [9.17, 15) is 9.59 Å². The summed E-state index contributed by atoms with van der Waals surface area (Å²) in [5.74, 6) is 0.817. The molecule has 0 saturated heterocycles. The minimum atomic E-state index is -0.889. The molecule has 3 amide bonds. The SMILES string of the molecule is Cn1ccnc1C(NC(=O)NC1(C(N)=O)CCCC1)C1CC1. The van der Waals surface area contributed by atoms with Crippen LogP contribution in [0.25, 0.3) is 0 Å². The molecule has 2 aliphatic carbocycles. The molecule has 1 aromatic rings. The number of urea groups is 1. The van der Waals surface area contributed by atoms with E-state index in [4.69, 9.17) is 5.73 Å². The van der Waals surface area contributed by atoms with Crippen LogP contribution >= 0.6 is 0 Å². The fourth-order valence-corrected chi connectivity index (χ4v) is 3.31. The van der Waals surface area contributed by atoms with Crippen LogP contribution in [0.15, 0.2) is 12.4 Å². The number of rotatable bonds is 5. The van der Waals surface area contributed by atoms with Gasteiger partial charge in [0.15, 0.2) is 0 Å². The van der Waals surface area contributed by atoms with E-state index in [0.29, 0.717) is 18.8 Å². The number of nitrogens with one attached hydrogen (secondary N) is 2. The number of hydrogen-bond donors (Lipinski definition) is 3. The van der Waals surface area contributed by atoms with Crippen LogP contribution in [0.4, 0.5) is 4.79 Å². The minimum absolute atomic E-state index is 0.119. The van der Waals surface area contributed by atoms with Gasteiger partial charge in [0.05, 0.1) is 6.04 Å². The van der Waals surface area contributed by atoms with Crippen LogP contribution in [0.1, 0.15) is 50.4 Å². The molecular formula is C15H23N5O2. The highest BCUT2D eigenvalue weighted by molar-refractivity contribution is 5.90. The molecule has 2 saturated carbocycles. The van der Waals surface area contributed by atoms with E-state index in [1.54, 1.807) is 6.20 Å². The molecule has 120 valence electrons. The lowest BCUT2D eigenvalue weighted by molar-refractivity contribution is -0.123. The molecule has 7 heteroatoms. The number of aromatic nitrogens is 2. The standard InChI is InChI=1S/C15H23N5O2/c1-20-9-8-17-12(20)11(10-4-5-10)18-14(22)19-15(13(16)21)6-2-3-7-15/h8-11H,2-7H2,1H3,(H2,16,21)(H2,18,19,22). The van der Waals surface area contributed by atoms with Gasteiger partial charge in [-0.1, -0.05) is 12.8 Å². The largest absolute Gasteiger partial charge is 0.368 e. The molecule has 1 unspecified atom stereocenters. The molecule has 0 aromatic carbocycles. The number of carbonyl (C=O) groups excluding carboxylic acids is 2. The van der Waals surface area contributed by atoms with Gasteiger partial charge in [-0.2, -0.15) is 0 Å². The van der Waals surface area contributed by atoms with Crippen LogP contribution in [0.2, 0.25) is 0 Å². The number of hydrogen-bond acceptors (Lipinski definition) is 3. The molecule has 0 bridgehead atoms. The summed E-state index contributed by atoms with van der Waals surface area (Å²) in [7, 11) is 1.92. The average Bonchev–Trinajstić information content (AvgIpc) is 3.05. The maximum atomic E-state index is 12.4. The molecule has 7 nitrogen and oxygen atoms in total. The zero-order valence-corrected chi connectivity index (χ0v) is 12.8. The summed E-state index contributed by atoms with van der Waals surface area (Å²) in [4.78, 5) is 28.5. The van der Waals surface area contributed by atoms with Crippen molar-refractivity contribution in [3.05, 3.63) is 18.2 Å². The molecule has 3 rings (SSSR count). The van der Waals surface area contributed by atoms with Gasteiger partial charge >= 0.3 is 6.03 Å². The van der Waals surface area contributed by atoms with E-state index < -0.39 is 11.4 Å². The highest BCUT2D eigenvalue weighted by Gasteiger charge is 2.42. The molecule has 0 aliphatic heterocycles. The van der Waals surface area contributed by atoms with Crippen LogP contribution in [-0.2, 0) is 11.8 Å². The lowest BCUT2D eigenvalue weighted by Gasteiger charge is -2.28. The minimum Gasteiger partial charge on any atom is -0.368 e. The van der Waals surface area contributed by atoms with Gasteiger partial charge in [0.1, 0.15) is 11.4 Å². The van der Waals surface area contributed by atoms with Crippen LogP contribution < -0.4 is 16.4 Å². The van der Waals surface area contributed by atoms with Gasteiger partial charge in [-0.15, -0.1) is 0 Å². The van der Waals surface area contributed by atoms with Gasteiger partial charge in [-0.3, -0.25) is 4.79 Å². The normalized spacial score (nSPS) is 21.3. The van der Waals surface area contributed by atoms with E-state index in [2.05, 4.69) is 15.6 Å². The third-order valence-corrected chi connectivity index (χ3v) is 4.80. The molecule has 4 N–H and O–H groups in total. The predicted octanol–water partition coefficient (Wildman–Crippen LogP) is 0.968. The van der Waals surface area contributed by atoms with Gasteiger partial charge in [0.25, 0.3) is 0 Å². The topological polar surface area (TPSA) is 102 Å². The lowest BCUT2D eigenvalue weighted by Crippen LogP contribution is -2.58. The van der Waals surface area contributed by atoms with Gasteiger partial charge in [-0.25, -0.2) is 9.78 Å². The number of imidazole rings is 1. The number of amides is 3. The Kier molecular flexibility index (Phi) is 3.80. The van der Waals surface area contributed by atoms with Crippen molar-refractivity contribution >= 4 is 11.9 Å². The Balaban J connectivity index is 1.69. The van der Waals surface area contributed by atoms with Crippen molar-refractivity contribution in [3.63, 3.8) is 0 Å². The third kappa shape index (κ3) is 2.80. The zero-order valence-electron chi connectivity index (χ0n) is 12.8. The van der Waals surface area contributed by atoms with E-state index in [0.717, 1.165) is 31.5 Å². The number of nitrogens with two attached hydrogens (primary N) is 1. The van der Waals surface area contributed by atoms with Crippen molar-refractivity contribution in [1.29, 1.82) is 0 Å². The summed E-state index contributed by atoms with van der Waals surface area (Å²) in [5, 5.41) is 5.81. The lowest BCUT2D eigenvalue weighted by atomic mass is 9.97. The van der Waals surface area contributed by atoms with E-state index in [-0.39, 0.29) is 12.1 Å². The first-order chi connectivity index (χ1) is 10.5. The Morgan fingerprint density at radius 2 is 2.09 bits per heavy atom. The van der Waals surface area contributed by atoms with Crippen molar-refractivity contribution in [3.8, 4) is 0 Å². The third-order valence-electron chi connectivity index (χ3n) is 4.80. The number of primary amides is 1. The second kappa shape index (κ2) is 5.62. The summed E-state index contributed by atoms with van der Waals surface area (Å²) in [6.07, 6.45) is 8.82. The van der Waals surface area contributed by atoms with Crippen LogP contribution in [0, 0.1) is 5.92 Å². The van der Waals surface area contributed by atoms with Crippen LogP contribution in [0.5, 0.6) is 0 Å². The molecule has 1 atom stereocenters. The van der Waals surface area contributed by atoms with Crippen molar-refractivity contribution < 1.29 is 9.59 Å². The first-order valence-electron chi connectivity index (χ1n) is 7.88. The molecule has 1 aromatic heterocycles. The monoisotopic (exact) mass is 305 g/mol. The van der Waals surface area contributed by atoms with Crippen molar-refractivity contribution in [1.82, 2.24) is 20.2 Å². The first-order valence-corrected chi connectivity index (χ1v) is 7.88. The molecule has 22 heavy (non-hydrogen) atoms. The van der Waals surface area contributed by atoms with Gasteiger partial charge < -0.3 is 20.9 Å². The number of nitrogens with zero attached hydrogens (tertiary/aromatic N) is 2. The quantitative estimate of drug-likeness (QED) is 0.755. The van der Waals surface area contributed by atoms with E-state index in [1.807, 2.05) is 17.8 Å². The fraction of sp³-hybridized carbons (Fsp3) is 0.667. The molecular weight excluding hydrogens is 282 g/mol. The Bertz CT molecular complexity index is 572. The highest BCUT2D eigenvalue weighted by atomic mass is 16.2. The Morgan fingerprint density at radius 1 is 1.41 bits per heavy atom. The number of carbonyl (C=O) groups is 2. The zero-order chi connectivity index (χ0) is 15.7. The van der Waals surface area contributed by atoms with Crippen LogP contribution in [0.3, 0.4) is 0 Å². The maximum absolute atomic E-state index is 12.4. The molecule has 1 heterocycles. The summed E-state index contributed by atoms with van der Waals surface area (Å²) in [5.41, 5.74) is 4.62. The molecule has 0 radical (unpaired) electrons. The summed E-state index contributed by atoms with van der Waals surface area (Å²) in [6, 6.07) is -0.452. The summed E-state index contributed by atoms with van der Waals surface area (Å²) >= 11 is 0. The number of aryl methyl sites for hydroxylation is 1. The Morgan fingerprint density at radius 3 is 2.59 bits per heavy atom. The average molecular weight is 305 g/mol. The van der Waals surface area contributed by atoms with Crippen molar-refractivity contribution in [2.75, 3.05) is 0 Å². The van der Waals surface area contributed by atoms with Gasteiger partial charge in [0.2, 0.25) is 5.91 Å². The summed E-state index contributed by atoms with van der Waals surface area (Å²) in [6.45, 7) is 0. The molecule has 2 aliphatic rings.